The summed E-state index contributed by atoms with van der Waals surface area (Å²) < 4.78 is 26.4. The van der Waals surface area contributed by atoms with E-state index in [4.69, 9.17) is 11.5 Å². The molecule has 0 saturated carbocycles. The van der Waals surface area contributed by atoms with Gasteiger partial charge >= 0.3 is 0 Å². The Morgan fingerprint density at radius 3 is 2.33 bits per heavy atom. The molecule has 0 aliphatic heterocycles. The molecule has 0 aliphatic carbocycles. The third kappa shape index (κ3) is 3.89. The number of nitro groups is 1. The zero-order valence-corrected chi connectivity index (χ0v) is 12.3. The molecule has 0 fully saturated rings. The number of hydrogen-bond acceptors (Lipinski definition) is 6. The molecule has 21 heavy (non-hydrogen) atoms. The molecule has 0 spiro atoms. The van der Waals surface area contributed by atoms with E-state index in [0.717, 1.165) is 18.2 Å². The molecule has 1 unspecified atom stereocenters. The van der Waals surface area contributed by atoms with Crippen molar-refractivity contribution in [2.45, 2.75) is 24.8 Å². The van der Waals surface area contributed by atoms with Gasteiger partial charge in [0.05, 0.1) is 9.82 Å². The lowest BCUT2D eigenvalue weighted by atomic mass is 10.1. The Morgan fingerprint density at radius 2 is 1.95 bits per heavy atom. The number of nitrogens with zero attached hydrogens (tertiary/aromatic N) is 1. The van der Waals surface area contributed by atoms with Crippen LogP contribution in [0.3, 0.4) is 0 Å². The fourth-order valence-corrected chi connectivity index (χ4v) is 3.01. The van der Waals surface area contributed by atoms with E-state index in [1.54, 1.807) is 13.8 Å². The quantitative estimate of drug-likeness (QED) is 0.379. The molecule has 0 aliphatic rings. The number of hydrogen-bond donors (Lipinski definition) is 3. The fourth-order valence-electron chi connectivity index (χ4n) is 1.62. The standard InChI is InChI=1S/C11H16N4O5S/c1-6(2)10(11(13)16)14-21(19,20)7-3-4-9(15(17)18)8(12)5-7/h3-6,10,14H,12H2,1-2H3,(H2,13,16). The Bertz CT molecular complexity index is 671. The maximum absolute atomic E-state index is 12.1. The van der Waals surface area contributed by atoms with Crippen LogP contribution in [0.15, 0.2) is 23.1 Å². The van der Waals surface area contributed by atoms with Crippen LogP contribution >= 0.6 is 0 Å². The van der Waals surface area contributed by atoms with Gasteiger partial charge in [-0.15, -0.1) is 0 Å². The third-order valence-corrected chi connectivity index (χ3v) is 4.20. The predicted octanol–water partition coefficient (Wildman–Crippen LogP) is -0.0348. The lowest BCUT2D eigenvalue weighted by Crippen LogP contribution is -2.47. The highest BCUT2D eigenvalue weighted by Crippen LogP contribution is 2.24. The lowest BCUT2D eigenvalue weighted by Gasteiger charge is -2.19. The summed E-state index contributed by atoms with van der Waals surface area (Å²) in [4.78, 5) is 20.9. The molecule has 0 bridgehead atoms. The summed E-state index contributed by atoms with van der Waals surface area (Å²) in [7, 11) is -4.07. The molecule has 1 aromatic carbocycles. The molecule has 0 aromatic heterocycles. The van der Waals surface area contributed by atoms with E-state index in [9.17, 15) is 23.3 Å². The molecule has 1 aromatic rings. The van der Waals surface area contributed by atoms with Crippen LogP contribution in [0, 0.1) is 16.0 Å². The number of primary amides is 1. The van der Waals surface area contributed by atoms with Crippen molar-refractivity contribution >= 4 is 27.3 Å². The van der Waals surface area contributed by atoms with Crippen LogP contribution < -0.4 is 16.2 Å². The third-order valence-electron chi connectivity index (χ3n) is 2.76. The van der Waals surface area contributed by atoms with Gasteiger partial charge in [0.1, 0.15) is 11.7 Å². The minimum Gasteiger partial charge on any atom is -0.393 e. The summed E-state index contributed by atoms with van der Waals surface area (Å²) in [6.07, 6.45) is 0. The van der Waals surface area contributed by atoms with E-state index in [2.05, 4.69) is 4.72 Å². The SMILES string of the molecule is CC(C)C(NS(=O)(=O)c1ccc([N+](=O)[O-])c(N)c1)C(N)=O. The number of amides is 1. The number of carbonyl (C=O) groups excluding carboxylic acids is 1. The molecule has 0 saturated heterocycles. The van der Waals surface area contributed by atoms with Crippen molar-refractivity contribution in [3.05, 3.63) is 28.3 Å². The van der Waals surface area contributed by atoms with Crippen molar-refractivity contribution in [1.29, 1.82) is 0 Å². The van der Waals surface area contributed by atoms with E-state index in [-0.39, 0.29) is 16.5 Å². The van der Waals surface area contributed by atoms with E-state index in [1.807, 2.05) is 0 Å². The summed E-state index contributed by atoms with van der Waals surface area (Å²) in [5.74, 6) is -1.17. The number of nitrogens with one attached hydrogen (secondary N) is 1. The number of nitrogen functional groups attached to an aromatic ring is 1. The second-order valence-electron chi connectivity index (χ2n) is 4.72. The molecule has 1 amide bonds. The first-order valence-electron chi connectivity index (χ1n) is 5.92. The summed E-state index contributed by atoms with van der Waals surface area (Å²) in [6, 6.07) is 1.89. The number of anilines is 1. The minimum atomic E-state index is -4.07. The van der Waals surface area contributed by atoms with Crippen LogP contribution in [0.5, 0.6) is 0 Å². The molecule has 5 N–H and O–H groups in total. The highest BCUT2D eigenvalue weighted by Gasteiger charge is 2.27. The molecular formula is C11H16N4O5S. The number of sulfonamides is 1. The Balaban J connectivity index is 3.17. The van der Waals surface area contributed by atoms with Crippen LogP contribution in [0.4, 0.5) is 11.4 Å². The smallest absolute Gasteiger partial charge is 0.292 e. The van der Waals surface area contributed by atoms with Gasteiger partial charge in [-0.2, -0.15) is 4.72 Å². The summed E-state index contributed by atoms with van der Waals surface area (Å²) >= 11 is 0. The fraction of sp³-hybridized carbons (Fsp3) is 0.364. The first kappa shape index (κ1) is 16.9. The molecule has 10 heteroatoms. The second kappa shape index (κ2) is 6.06. The van der Waals surface area contributed by atoms with E-state index < -0.39 is 32.6 Å². The Kier molecular flexibility index (Phi) is 4.86. The zero-order valence-electron chi connectivity index (χ0n) is 11.4. The number of nitro benzene ring substituents is 1. The van der Waals surface area contributed by atoms with Crippen molar-refractivity contribution in [2.24, 2.45) is 11.7 Å². The topological polar surface area (TPSA) is 158 Å². The number of benzene rings is 1. The van der Waals surface area contributed by atoms with Crippen LogP contribution in [0.25, 0.3) is 0 Å². The number of nitrogens with two attached hydrogens (primary N) is 2. The molecule has 116 valence electrons. The average molecular weight is 316 g/mol. The van der Waals surface area contributed by atoms with Gasteiger partial charge in [0.2, 0.25) is 15.9 Å². The Morgan fingerprint density at radius 1 is 1.38 bits per heavy atom. The van der Waals surface area contributed by atoms with E-state index >= 15 is 0 Å². The summed E-state index contributed by atoms with van der Waals surface area (Å²) in [6.45, 7) is 3.25. The number of rotatable bonds is 6. The second-order valence-corrected chi connectivity index (χ2v) is 6.44. The maximum Gasteiger partial charge on any atom is 0.292 e. The average Bonchev–Trinajstić information content (AvgIpc) is 2.34. The molecular weight excluding hydrogens is 300 g/mol. The van der Waals surface area contributed by atoms with E-state index in [1.165, 1.54) is 0 Å². The van der Waals surface area contributed by atoms with Crippen molar-refractivity contribution in [1.82, 2.24) is 4.72 Å². The lowest BCUT2D eigenvalue weighted by molar-refractivity contribution is -0.383. The molecule has 1 rings (SSSR count). The normalized spacial score (nSPS) is 13.1. The van der Waals surface area contributed by atoms with Crippen molar-refractivity contribution in [3.8, 4) is 0 Å². The van der Waals surface area contributed by atoms with E-state index in [0.29, 0.717) is 0 Å². The zero-order chi connectivity index (χ0) is 16.4. The van der Waals surface area contributed by atoms with Gasteiger partial charge in [-0.25, -0.2) is 8.42 Å². The van der Waals surface area contributed by atoms with Gasteiger partial charge in [0, 0.05) is 6.07 Å². The summed E-state index contributed by atoms with van der Waals surface area (Å²) in [5.41, 5.74) is 9.89. The highest BCUT2D eigenvalue weighted by atomic mass is 32.2. The summed E-state index contributed by atoms with van der Waals surface area (Å²) in [5, 5.41) is 10.6. The van der Waals surface area contributed by atoms with Gasteiger partial charge in [0.15, 0.2) is 0 Å². The monoisotopic (exact) mass is 316 g/mol. The predicted molar refractivity (Wildman–Crippen MR) is 75.7 cm³/mol. The van der Waals surface area contributed by atoms with Crippen LogP contribution in [0.1, 0.15) is 13.8 Å². The van der Waals surface area contributed by atoms with Gasteiger partial charge in [0.25, 0.3) is 5.69 Å². The van der Waals surface area contributed by atoms with Gasteiger partial charge < -0.3 is 11.5 Å². The first-order chi connectivity index (χ1) is 9.56. The van der Waals surface area contributed by atoms with Crippen molar-refractivity contribution < 1.29 is 18.1 Å². The van der Waals surface area contributed by atoms with Crippen LogP contribution in [-0.2, 0) is 14.8 Å². The van der Waals surface area contributed by atoms with Crippen LogP contribution in [-0.4, -0.2) is 25.3 Å². The number of carbonyl (C=O) groups is 1. The molecule has 1 atom stereocenters. The Labute approximate surface area is 121 Å². The molecule has 0 radical (unpaired) electrons. The molecule has 9 nitrogen and oxygen atoms in total. The largest absolute Gasteiger partial charge is 0.393 e. The highest BCUT2D eigenvalue weighted by molar-refractivity contribution is 7.89. The first-order valence-corrected chi connectivity index (χ1v) is 7.40. The van der Waals surface area contributed by atoms with Crippen molar-refractivity contribution in [3.63, 3.8) is 0 Å². The maximum atomic E-state index is 12.1. The molecule has 0 heterocycles. The van der Waals surface area contributed by atoms with Gasteiger partial charge in [-0.05, 0) is 18.1 Å². The van der Waals surface area contributed by atoms with Gasteiger partial charge in [-0.3, -0.25) is 14.9 Å². The Hall–Kier alpha value is -2.20. The van der Waals surface area contributed by atoms with Crippen LogP contribution in [0.2, 0.25) is 0 Å². The van der Waals surface area contributed by atoms with Crippen molar-refractivity contribution in [2.75, 3.05) is 5.73 Å². The van der Waals surface area contributed by atoms with Gasteiger partial charge in [-0.1, -0.05) is 13.8 Å². The minimum absolute atomic E-state index is 0.280.